The van der Waals surface area contributed by atoms with Crippen molar-refractivity contribution in [1.82, 2.24) is 0 Å². The molecule has 2 aromatic carbocycles. The van der Waals surface area contributed by atoms with Crippen LogP contribution in [0.15, 0.2) is 42.5 Å². The normalized spacial score (nSPS) is 27.3. The summed E-state index contributed by atoms with van der Waals surface area (Å²) in [5, 5.41) is 20.3. The van der Waals surface area contributed by atoms with Gasteiger partial charge in [0.15, 0.2) is 0 Å². The van der Waals surface area contributed by atoms with Crippen molar-refractivity contribution in [3.05, 3.63) is 64.2 Å². The minimum atomic E-state index is -0.468. The van der Waals surface area contributed by atoms with Gasteiger partial charge in [-0.1, -0.05) is 35.9 Å². The Balaban J connectivity index is 1.21. The number of aliphatic hydroxyl groups is 2. The van der Waals surface area contributed by atoms with Crippen LogP contribution >= 0.6 is 11.6 Å². The molecule has 3 unspecified atom stereocenters. The first-order valence-electron chi connectivity index (χ1n) is 12.1. The standard InChI is InChI=1S/C27H33ClO5/c28-25-6-3-19(26-14-21(30)13-24(15-29)33-26)12-20(25)11-18-1-4-22(5-2-18)32-23-7-9-27(10-8-23)16-31-17-27/h1-6,12,21,23-24,26,29-30H,7-11,13-17H2. The Morgan fingerprint density at radius 3 is 2.45 bits per heavy atom. The van der Waals surface area contributed by atoms with E-state index >= 15 is 0 Å². The van der Waals surface area contributed by atoms with E-state index in [1.54, 1.807) is 0 Å². The molecule has 2 heterocycles. The number of rotatable bonds is 6. The van der Waals surface area contributed by atoms with E-state index in [2.05, 4.69) is 30.3 Å². The second kappa shape index (κ2) is 9.93. The van der Waals surface area contributed by atoms with Crippen molar-refractivity contribution in [2.75, 3.05) is 19.8 Å². The predicted molar refractivity (Wildman–Crippen MR) is 127 cm³/mol. The Labute approximate surface area is 200 Å². The summed E-state index contributed by atoms with van der Waals surface area (Å²) in [6, 6.07) is 14.2. The number of halogens is 1. The minimum absolute atomic E-state index is 0.0848. The van der Waals surface area contributed by atoms with Gasteiger partial charge in [-0.15, -0.1) is 0 Å². The molecule has 0 aromatic heterocycles. The van der Waals surface area contributed by atoms with Crippen LogP contribution in [0.1, 0.15) is 61.3 Å². The van der Waals surface area contributed by atoms with E-state index in [0.717, 1.165) is 48.5 Å². The lowest BCUT2D eigenvalue weighted by Crippen LogP contribution is -2.46. The van der Waals surface area contributed by atoms with Crippen LogP contribution in [0.4, 0.5) is 0 Å². The molecule has 2 aliphatic heterocycles. The molecule has 5 rings (SSSR count). The van der Waals surface area contributed by atoms with Crippen LogP contribution in [0.2, 0.25) is 5.02 Å². The van der Waals surface area contributed by atoms with E-state index < -0.39 is 6.10 Å². The van der Waals surface area contributed by atoms with Gasteiger partial charge < -0.3 is 24.4 Å². The molecule has 2 N–H and O–H groups in total. The summed E-state index contributed by atoms with van der Waals surface area (Å²) in [5.41, 5.74) is 3.61. The molecule has 3 atom stereocenters. The summed E-state index contributed by atoms with van der Waals surface area (Å²) in [4.78, 5) is 0. The van der Waals surface area contributed by atoms with Gasteiger partial charge in [-0.05, 0) is 67.0 Å². The minimum Gasteiger partial charge on any atom is -0.490 e. The van der Waals surface area contributed by atoms with E-state index in [9.17, 15) is 10.2 Å². The van der Waals surface area contributed by atoms with Crippen LogP contribution in [0, 0.1) is 5.41 Å². The monoisotopic (exact) mass is 472 g/mol. The van der Waals surface area contributed by atoms with Gasteiger partial charge in [0.2, 0.25) is 0 Å². The van der Waals surface area contributed by atoms with E-state index in [0.29, 0.717) is 35.8 Å². The van der Waals surface area contributed by atoms with Crippen LogP contribution < -0.4 is 4.74 Å². The molecule has 2 saturated heterocycles. The average molecular weight is 473 g/mol. The van der Waals surface area contributed by atoms with Crippen molar-refractivity contribution < 1.29 is 24.4 Å². The highest BCUT2D eigenvalue weighted by Crippen LogP contribution is 2.43. The van der Waals surface area contributed by atoms with Crippen molar-refractivity contribution >= 4 is 11.6 Å². The zero-order valence-corrected chi connectivity index (χ0v) is 19.7. The zero-order valence-electron chi connectivity index (χ0n) is 18.9. The van der Waals surface area contributed by atoms with Crippen LogP contribution in [0.5, 0.6) is 5.75 Å². The van der Waals surface area contributed by atoms with E-state index in [1.165, 1.54) is 12.8 Å². The molecule has 1 saturated carbocycles. The Bertz CT molecular complexity index is 932. The molecule has 3 aliphatic rings. The molecular formula is C27H33ClO5. The Morgan fingerprint density at radius 2 is 1.79 bits per heavy atom. The SMILES string of the molecule is OCC1CC(O)CC(c2ccc(Cl)c(Cc3ccc(OC4CCC5(CC4)COC5)cc3)c2)O1. The lowest BCUT2D eigenvalue weighted by atomic mass is 9.72. The molecule has 1 aliphatic carbocycles. The highest BCUT2D eigenvalue weighted by atomic mass is 35.5. The van der Waals surface area contributed by atoms with Gasteiger partial charge in [0.25, 0.3) is 0 Å². The second-order valence-electron chi connectivity index (χ2n) is 10.0. The van der Waals surface area contributed by atoms with E-state index in [-0.39, 0.29) is 18.8 Å². The molecule has 3 fully saturated rings. The highest BCUT2D eigenvalue weighted by Gasteiger charge is 2.42. The van der Waals surface area contributed by atoms with Gasteiger partial charge in [-0.25, -0.2) is 0 Å². The fraction of sp³-hybridized carbons (Fsp3) is 0.556. The van der Waals surface area contributed by atoms with Crippen molar-refractivity contribution in [1.29, 1.82) is 0 Å². The predicted octanol–water partition coefficient (Wildman–Crippen LogP) is 4.84. The Kier molecular flexibility index (Phi) is 6.96. The lowest BCUT2D eigenvalue weighted by molar-refractivity contribution is -0.140. The van der Waals surface area contributed by atoms with Crippen LogP contribution in [0.3, 0.4) is 0 Å². The fourth-order valence-corrected chi connectivity index (χ4v) is 5.54. The molecule has 33 heavy (non-hydrogen) atoms. The molecule has 2 aromatic rings. The summed E-state index contributed by atoms with van der Waals surface area (Å²) in [7, 11) is 0. The molecule has 178 valence electrons. The second-order valence-corrected chi connectivity index (χ2v) is 10.4. The van der Waals surface area contributed by atoms with E-state index in [1.807, 2.05) is 12.1 Å². The molecule has 1 spiro atoms. The molecule has 6 heteroatoms. The molecule has 0 bridgehead atoms. The van der Waals surface area contributed by atoms with Gasteiger partial charge in [0.05, 0.1) is 44.2 Å². The maximum absolute atomic E-state index is 10.2. The molecule has 0 amide bonds. The summed E-state index contributed by atoms with van der Waals surface area (Å²) in [5.74, 6) is 0.920. The van der Waals surface area contributed by atoms with Crippen molar-refractivity contribution in [3.8, 4) is 5.75 Å². The Morgan fingerprint density at radius 1 is 1.03 bits per heavy atom. The van der Waals surface area contributed by atoms with Crippen molar-refractivity contribution in [2.45, 2.75) is 69.4 Å². The largest absolute Gasteiger partial charge is 0.490 e. The average Bonchev–Trinajstić information content (AvgIpc) is 2.81. The first kappa shape index (κ1) is 23.1. The van der Waals surface area contributed by atoms with Crippen LogP contribution in [0.25, 0.3) is 0 Å². The lowest BCUT2D eigenvalue weighted by Gasteiger charge is -2.46. The molecule has 5 nitrogen and oxygen atoms in total. The molecular weight excluding hydrogens is 440 g/mol. The van der Waals surface area contributed by atoms with Gasteiger partial charge in [0.1, 0.15) is 5.75 Å². The fourth-order valence-electron chi connectivity index (χ4n) is 5.35. The quantitative estimate of drug-likeness (QED) is 0.629. The topological polar surface area (TPSA) is 68.2 Å². The third-order valence-corrected chi connectivity index (χ3v) is 7.82. The van der Waals surface area contributed by atoms with Crippen LogP contribution in [-0.4, -0.2) is 48.3 Å². The van der Waals surface area contributed by atoms with E-state index in [4.69, 9.17) is 25.8 Å². The first-order valence-corrected chi connectivity index (χ1v) is 12.5. The third kappa shape index (κ3) is 5.39. The number of hydrogen-bond acceptors (Lipinski definition) is 5. The highest BCUT2D eigenvalue weighted by molar-refractivity contribution is 6.31. The number of aliphatic hydroxyl groups excluding tert-OH is 2. The summed E-state index contributed by atoms with van der Waals surface area (Å²) < 4.78 is 17.6. The third-order valence-electron chi connectivity index (χ3n) is 7.45. The smallest absolute Gasteiger partial charge is 0.119 e. The van der Waals surface area contributed by atoms with Gasteiger partial charge in [0, 0.05) is 23.3 Å². The van der Waals surface area contributed by atoms with Gasteiger partial charge in [-0.2, -0.15) is 0 Å². The van der Waals surface area contributed by atoms with Gasteiger partial charge >= 0.3 is 0 Å². The number of benzene rings is 2. The number of hydrogen-bond donors (Lipinski definition) is 2. The van der Waals surface area contributed by atoms with Gasteiger partial charge in [-0.3, -0.25) is 0 Å². The zero-order chi connectivity index (χ0) is 22.8. The first-order chi connectivity index (χ1) is 16.0. The Hall–Kier alpha value is -1.63. The van der Waals surface area contributed by atoms with Crippen molar-refractivity contribution in [3.63, 3.8) is 0 Å². The maximum atomic E-state index is 10.2. The molecule has 0 radical (unpaired) electrons. The summed E-state index contributed by atoms with van der Waals surface area (Å²) >= 11 is 6.51. The summed E-state index contributed by atoms with van der Waals surface area (Å²) in [6.07, 6.45) is 5.56. The van der Waals surface area contributed by atoms with Crippen molar-refractivity contribution in [2.24, 2.45) is 5.41 Å². The number of ether oxygens (including phenoxy) is 3. The van der Waals surface area contributed by atoms with Crippen LogP contribution in [-0.2, 0) is 15.9 Å². The maximum Gasteiger partial charge on any atom is 0.119 e. The summed E-state index contributed by atoms with van der Waals surface area (Å²) in [6.45, 7) is 1.76.